The van der Waals surface area contributed by atoms with Crippen molar-refractivity contribution in [2.45, 2.75) is 44.2 Å². The van der Waals surface area contributed by atoms with Gasteiger partial charge in [-0.25, -0.2) is 8.42 Å². The molecule has 0 aromatic heterocycles. The summed E-state index contributed by atoms with van der Waals surface area (Å²) in [6.45, 7) is 2.73. The van der Waals surface area contributed by atoms with Crippen LogP contribution in [-0.2, 0) is 26.2 Å². The zero-order chi connectivity index (χ0) is 18.3. The van der Waals surface area contributed by atoms with E-state index in [-0.39, 0.29) is 11.1 Å². The molecule has 0 spiro atoms. The summed E-state index contributed by atoms with van der Waals surface area (Å²) in [6, 6.07) is 8.71. The van der Waals surface area contributed by atoms with Crippen molar-refractivity contribution in [3.8, 4) is 0 Å². The van der Waals surface area contributed by atoms with Crippen LogP contribution in [0.4, 0.5) is 0 Å². The van der Waals surface area contributed by atoms with Gasteiger partial charge in [0.1, 0.15) is 6.04 Å². The third kappa shape index (κ3) is 5.70. The molecule has 1 N–H and O–H groups in total. The molecule has 0 radical (unpaired) electrons. The zero-order valence-corrected chi connectivity index (χ0v) is 16.0. The highest BCUT2D eigenvalue weighted by atomic mass is 32.2. The van der Waals surface area contributed by atoms with Gasteiger partial charge in [-0.1, -0.05) is 43.7 Å². The molecule has 1 aromatic rings. The van der Waals surface area contributed by atoms with Crippen LogP contribution >= 0.6 is 11.8 Å². The number of hydrogen-bond acceptors (Lipinski definition) is 5. The number of rotatable bonds is 10. The van der Waals surface area contributed by atoms with E-state index in [9.17, 15) is 18.3 Å². The first-order valence-electron chi connectivity index (χ1n) is 8.43. The topological polar surface area (TPSA) is 83.9 Å². The quantitative estimate of drug-likeness (QED) is 0.621. The molecule has 1 aliphatic heterocycles. The Hall–Kier alpha value is -1.09. The lowest BCUT2D eigenvalue weighted by Crippen LogP contribution is -2.46. The number of ether oxygens (including phenoxy) is 1. The summed E-state index contributed by atoms with van der Waals surface area (Å²) >= 11 is 1.41. The van der Waals surface area contributed by atoms with Crippen LogP contribution < -0.4 is 0 Å². The van der Waals surface area contributed by atoms with E-state index in [1.165, 1.54) is 16.1 Å². The van der Waals surface area contributed by atoms with Crippen LogP contribution in [0.3, 0.4) is 0 Å². The van der Waals surface area contributed by atoms with Gasteiger partial charge in [-0.2, -0.15) is 4.31 Å². The molecule has 25 heavy (non-hydrogen) atoms. The fourth-order valence-corrected chi connectivity index (χ4v) is 6.56. The molecule has 0 amide bonds. The second-order valence-corrected chi connectivity index (χ2v) is 9.17. The van der Waals surface area contributed by atoms with Gasteiger partial charge in [0.25, 0.3) is 0 Å². The minimum atomic E-state index is -3.62. The Labute approximate surface area is 153 Å². The average molecular weight is 388 g/mol. The SMILES string of the molecule is CCCC1SCC(C(=O)O)N1S(=O)(=O)CCCOCc1ccccc1. The smallest absolute Gasteiger partial charge is 0.322 e. The first kappa shape index (κ1) is 20.2. The van der Waals surface area contributed by atoms with E-state index in [0.717, 1.165) is 12.0 Å². The van der Waals surface area contributed by atoms with Crippen LogP contribution in [0.2, 0.25) is 0 Å². The fraction of sp³-hybridized carbons (Fsp3) is 0.588. The molecular formula is C17H25NO5S2. The molecule has 0 aliphatic carbocycles. The van der Waals surface area contributed by atoms with Crippen LogP contribution in [0.25, 0.3) is 0 Å². The lowest BCUT2D eigenvalue weighted by atomic mass is 10.2. The molecule has 1 aliphatic rings. The lowest BCUT2D eigenvalue weighted by molar-refractivity contribution is -0.140. The van der Waals surface area contributed by atoms with E-state index in [1.807, 2.05) is 37.3 Å². The molecule has 2 unspecified atom stereocenters. The summed E-state index contributed by atoms with van der Waals surface area (Å²) in [7, 11) is -3.62. The number of aliphatic carboxylic acids is 1. The van der Waals surface area contributed by atoms with Crippen LogP contribution in [0, 0.1) is 0 Å². The number of nitrogens with zero attached hydrogens (tertiary/aromatic N) is 1. The van der Waals surface area contributed by atoms with Gasteiger partial charge in [-0.05, 0) is 18.4 Å². The van der Waals surface area contributed by atoms with E-state index < -0.39 is 22.0 Å². The van der Waals surface area contributed by atoms with Crippen molar-refractivity contribution in [2.24, 2.45) is 0 Å². The number of carboxylic acids is 1. The zero-order valence-electron chi connectivity index (χ0n) is 14.3. The molecule has 8 heteroatoms. The van der Waals surface area contributed by atoms with Crippen molar-refractivity contribution < 1.29 is 23.1 Å². The highest BCUT2D eigenvalue weighted by Crippen LogP contribution is 2.35. The Kier molecular flexibility index (Phi) is 7.74. The molecule has 1 aromatic carbocycles. The van der Waals surface area contributed by atoms with E-state index in [1.54, 1.807) is 0 Å². The summed E-state index contributed by atoms with van der Waals surface area (Å²) in [5, 5.41) is 9.05. The number of benzene rings is 1. The van der Waals surface area contributed by atoms with Crippen molar-refractivity contribution in [1.29, 1.82) is 0 Å². The summed E-state index contributed by atoms with van der Waals surface area (Å²) in [6.07, 6.45) is 1.83. The van der Waals surface area contributed by atoms with E-state index in [4.69, 9.17) is 4.74 Å². The maximum absolute atomic E-state index is 12.7. The van der Waals surface area contributed by atoms with Crippen LogP contribution in [0.15, 0.2) is 30.3 Å². The predicted octanol–water partition coefficient (Wildman–Crippen LogP) is 2.55. The van der Waals surface area contributed by atoms with Crippen molar-refractivity contribution in [3.63, 3.8) is 0 Å². The molecular weight excluding hydrogens is 362 g/mol. The van der Waals surface area contributed by atoms with E-state index >= 15 is 0 Å². The molecule has 0 saturated carbocycles. The van der Waals surface area contributed by atoms with Crippen LogP contribution in [0.5, 0.6) is 0 Å². The Morgan fingerprint density at radius 2 is 2.08 bits per heavy atom. The molecule has 1 heterocycles. The second-order valence-electron chi connectivity index (χ2n) is 5.97. The Morgan fingerprint density at radius 3 is 2.72 bits per heavy atom. The summed E-state index contributed by atoms with van der Waals surface area (Å²) in [4.78, 5) is 11.4. The highest BCUT2D eigenvalue weighted by Gasteiger charge is 2.44. The largest absolute Gasteiger partial charge is 0.480 e. The van der Waals surface area contributed by atoms with Gasteiger partial charge in [-0.3, -0.25) is 4.79 Å². The number of carboxylic acid groups (broad SMARTS) is 1. The van der Waals surface area contributed by atoms with E-state index in [0.29, 0.717) is 31.8 Å². The Bertz CT molecular complexity index is 650. The van der Waals surface area contributed by atoms with Gasteiger partial charge >= 0.3 is 5.97 Å². The molecule has 1 fully saturated rings. The predicted molar refractivity (Wildman–Crippen MR) is 98.9 cm³/mol. The number of hydrogen-bond donors (Lipinski definition) is 1. The van der Waals surface area contributed by atoms with Gasteiger partial charge in [0.2, 0.25) is 10.0 Å². The minimum absolute atomic E-state index is 0.0909. The highest BCUT2D eigenvalue weighted by molar-refractivity contribution is 8.01. The van der Waals surface area contributed by atoms with Gasteiger partial charge in [0.15, 0.2) is 0 Å². The third-order valence-corrected chi connectivity index (χ3v) is 7.43. The monoisotopic (exact) mass is 387 g/mol. The summed E-state index contributed by atoms with van der Waals surface area (Å²) < 4.78 is 32.1. The second kappa shape index (κ2) is 9.56. The Balaban J connectivity index is 1.86. The summed E-state index contributed by atoms with van der Waals surface area (Å²) in [5.74, 6) is -0.856. The number of carbonyl (C=O) groups is 1. The molecule has 1 saturated heterocycles. The fourth-order valence-electron chi connectivity index (χ4n) is 2.77. The standard InChI is InChI=1S/C17H25NO5S2/c1-2-7-16-18(15(13-24-16)17(19)20)25(21,22)11-6-10-23-12-14-8-4-3-5-9-14/h3-5,8-9,15-16H,2,6-7,10-13H2,1H3,(H,19,20). The molecule has 6 nitrogen and oxygen atoms in total. The molecule has 0 bridgehead atoms. The van der Waals surface area contributed by atoms with Gasteiger partial charge in [0, 0.05) is 12.4 Å². The van der Waals surface area contributed by atoms with Gasteiger partial charge < -0.3 is 9.84 Å². The molecule has 2 atom stereocenters. The minimum Gasteiger partial charge on any atom is -0.480 e. The number of thioether (sulfide) groups is 1. The maximum atomic E-state index is 12.7. The lowest BCUT2D eigenvalue weighted by Gasteiger charge is -2.26. The normalized spacial score (nSPS) is 21.5. The van der Waals surface area contributed by atoms with Crippen LogP contribution in [0.1, 0.15) is 31.7 Å². The van der Waals surface area contributed by atoms with Gasteiger partial charge in [-0.15, -0.1) is 11.8 Å². The maximum Gasteiger partial charge on any atom is 0.322 e. The van der Waals surface area contributed by atoms with Crippen LogP contribution in [-0.4, -0.2) is 53.3 Å². The van der Waals surface area contributed by atoms with Crippen molar-refractivity contribution in [2.75, 3.05) is 18.1 Å². The van der Waals surface area contributed by atoms with Crippen molar-refractivity contribution in [3.05, 3.63) is 35.9 Å². The van der Waals surface area contributed by atoms with Gasteiger partial charge in [0.05, 0.1) is 17.7 Å². The van der Waals surface area contributed by atoms with E-state index in [2.05, 4.69) is 0 Å². The van der Waals surface area contributed by atoms with Crippen molar-refractivity contribution >= 4 is 27.8 Å². The first-order chi connectivity index (χ1) is 12.0. The third-order valence-electron chi connectivity index (χ3n) is 3.98. The Morgan fingerprint density at radius 1 is 1.36 bits per heavy atom. The van der Waals surface area contributed by atoms with Crippen molar-refractivity contribution in [1.82, 2.24) is 4.31 Å². The number of sulfonamides is 1. The molecule has 140 valence electrons. The summed E-state index contributed by atoms with van der Waals surface area (Å²) in [5.41, 5.74) is 1.04. The molecule has 2 rings (SSSR count). The first-order valence-corrected chi connectivity index (χ1v) is 11.1. The average Bonchev–Trinajstić information content (AvgIpc) is 3.01.